The molecule has 2 N–H and O–H groups in total. The number of carboxylic acids is 1. The fourth-order valence-corrected chi connectivity index (χ4v) is 1.10. The summed E-state index contributed by atoms with van der Waals surface area (Å²) in [5.74, 6) is -1.19. The lowest BCUT2D eigenvalue weighted by molar-refractivity contribution is -0.138. The van der Waals surface area contributed by atoms with Crippen LogP contribution >= 0.6 is 0 Å². The molecule has 7 nitrogen and oxygen atoms in total. The Morgan fingerprint density at radius 1 is 1.24 bits per heavy atom. The quantitative estimate of drug-likeness (QED) is 0.616. The second-order valence-corrected chi connectivity index (χ2v) is 3.14. The highest BCUT2D eigenvalue weighted by Crippen LogP contribution is 2.00. The van der Waals surface area contributed by atoms with Crippen molar-refractivity contribution < 1.29 is 28.9 Å². The standard InChI is InChI=1S/C10H17NO6/c1-15-5-7(6-16-2)4-8(9(12)13)11-10(14)17-3/h4,8H,5-6H2,1-3H3,(H,11,14)(H,12,13). The predicted octanol–water partition coefficient (Wildman–Crippen LogP) is 0.0148. The molecule has 0 bridgehead atoms. The SMILES string of the molecule is COCC(=CC(NC(=O)OC)C(=O)O)COC. The molecular weight excluding hydrogens is 230 g/mol. The van der Waals surface area contributed by atoms with Crippen LogP contribution in [0.3, 0.4) is 0 Å². The highest BCUT2D eigenvalue weighted by Gasteiger charge is 2.18. The van der Waals surface area contributed by atoms with Gasteiger partial charge in [0, 0.05) is 14.2 Å². The van der Waals surface area contributed by atoms with Crippen molar-refractivity contribution >= 4 is 12.1 Å². The normalized spacial score (nSPS) is 11.5. The van der Waals surface area contributed by atoms with Gasteiger partial charge in [-0.05, 0) is 11.6 Å². The minimum atomic E-state index is -1.19. The van der Waals surface area contributed by atoms with Crippen LogP contribution in [0.25, 0.3) is 0 Å². The van der Waals surface area contributed by atoms with Gasteiger partial charge in [0.15, 0.2) is 0 Å². The maximum atomic E-state index is 10.9. The highest BCUT2D eigenvalue weighted by molar-refractivity contribution is 5.81. The van der Waals surface area contributed by atoms with Gasteiger partial charge in [0.2, 0.25) is 0 Å². The van der Waals surface area contributed by atoms with E-state index in [0.717, 1.165) is 7.11 Å². The first-order chi connectivity index (χ1) is 8.04. The van der Waals surface area contributed by atoms with Crippen LogP contribution in [0.5, 0.6) is 0 Å². The molecule has 0 aliphatic heterocycles. The summed E-state index contributed by atoms with van der Waals surface area (Å²) in [7, 11) is 4.11. The molecule has 0 aliphatic carbocycles. The zero-order valence-electron chi connectivity index (χ0n) is 10.1. The third-order valence-corrected chi connectivity index (χ3v) is 1.79. The zero-order valence-corrected chi connectivity index (χ0v) is 10.1. The van der Waals surface area contributed by atoms with Crippen molar-refractivity contribution in [2.45, 2.75) is 6.04 Å². The Kier molecular flexibility index (Phi) is 7.74. The van der Waals surface area contributed by atoms with Crippen molar-refractivity contribution in [3.05, 3.63) is 11.6 Å². The van der Waals surface area contributed by atoms with Crippen molar-refractivity contribution in [3.63, 3.8) is 0 Å². The molecule has 0 fully saturated rings. The molecule has 0 aromatic heterocycles. The monoisotopic (exact) mass is 247 g/mol. The summed E-state index contributed by atoms with van der Waals surface area (Å²) in [5, 5.41) is 11.1. The van der Waals surface area contributed by atoms with Crippen molar-refractivity contribution in [2.75, 3.05) is 34.5 Å². The first-order valence-electron chi connectivity index (χ1n) is 4.79. The number of aliphatic carboxylic acids is 1. The molecule has 0 radical (unpaired) electrons. The number of carboxylic acid groups (broad SMARTS) is 1. The van der Waals surface area contributed by atoms with Gasteiger partial charge >= 0.3 is 12.1 Å². The summed E-state index contributed by atoms with van der Waals surface area (Å²) in [6, 6.07) is -1.18. The molecule has 17 heavy (non-hydrogen) atoms. The molecule has 0 aromatic carbocycles. The van der Waals surface area contributed by atoms with E-state index < -0.39 is 18.1 Å². The summed E-state index contributed by atoms with van der Waals surface area (Å²) in [5.41, 5.74) is 0.610. The molecule has 0 rings (SSSR count). The lowest BCUT2D eigenvalue weighted by atomic mass is 10.2. The lowest BCUT2D eigenvalue weighted by Crippen LogP contribution is -2.39. The maximum Gasteiger partial charge on any atom is 0.407 e. The Morgan fingerprint density at radius 3 is 2.12 bits per heavy atom. The van der Waals surface area contributed by atoms with Crippen LogP contribution in [0, 0.1) is 0 Å². The summed E-state index contributed by atoms with van der Waals surface area (Å²) in [6.45, 7) is 0.445. The lowest BCUT2D eigenvalue weighted by Gasteiger charge is -2.12. The molecule has 98 valence electrons. The number of methoxy groups -OCH3 is 3. The minimum Gasteiger partial charge on any atom is -0.479 e. The van der Waals surface area contributed by atoms with E-state index in [-0.39, 0.29) is 13.2 Å². The Labute approximate surface area is 99.3 Å². The van der Waals surface area contributed by atoms with E-state index in [1.54, 1.807) is 0 Å². The second kappa shape index (κ2) is 8.54. The average molecular weight is 247 g/mol. The highest BCUT2D eigenvalue weighted by atomic mass is 16.5. The van der Waals surface area contributed by atoms with E-state index >= 15 is 0 Å². The van der Waals surface area contributed by atoms with Gasteiger partial charge in [0.25, 0.3) is 0 Å². The summed E-state index contributed by atoms with van der Waals surface area (Å²) in [6.07, 6.45) is 0.537. The number of carbonyl (C=O) groups excluding carboxylic acids is 1. The number of nitrogens with one attached hydrogen (secondary N) is 1. The molecule has 0 aliphatic rings. The molecule has 0 saturated carbocycles. The fraction of sp³-hybridized carbons (Fsp3) is 0.600. The minimum absolute atomic E-state index is 0.223. The number of ether oxygens (including phenoxy) is 3. The Balaban J connectivity index is 4.71. The van der Waals surface area contributed by atoms with Gasteiger partial charge in [-0.3, -0.25) is 0 Å². The first kappa shape index (κ1) is 15.4. The van der Waals surface area contributed by atoms with E-state index in [0.29, 0.717) is 5.57 Å². The Bertz CT molecular complexity index is 281. The van der Waals surface area contributed by atoms with E-state index in [2.05, 4.69) is 10.1 Å². The smallest absolute Gasteiger partial charge is 0.407 e. The number of rotatable bonds is 7. The van der Waals surface area contributed by atoms with Crippen LogP contribution in [0.15, 0.2) is 11.6 Å². The van der Waals surface area contributed by atoms with Crippen molar-refractivity contribution in [3.8, 4) is 0 Å². The third kappa shape index (κ3) is 6.54. The fourth-order valence-electron chi connectivity index (χ4n) is 1.10. The van der Waals surface area contributed by atoms with Crippen LogP contribution in [-0.2, 0) is 19.0 Å². The van der Waals surface area contributed by atoms with E-state index in [9.17, 15) is 9.59 Å². The number of hydrogen-bond donors (Lipinski definition) is 2. The molecule has 0 heterocycles. The number of carbonyl (C=O) groups is 2. The average Bonchev–Trinajstić information content (AvgIpc) is 2.28. The largest absolute Gasteiger partial charge is 0.479 e. The van der Waals surface area contributed by atoms with Crippen LogP contribution in [-0.4, -0.2) is 57.8 Å². The van der Waals surface area contributed by atoms with Crippen molar-refractivity contribution in [1.29, 1.82) is 0 Å². The topological polar surface area (TPSA) is 94.1 Å². The summed E-state index contributed by atoms with van der Waals surface area (Å²) in [4.78, 5) is 21.8. The van der Waals surface area contributed by atoms with E-state index in [1.165, 1.54) is 20.3 Å². The molecular formula is C10H17NO6. The van der Waals surface area contributed by atoms with E-state index in [1.807, 2.05) is 0 Å². The van der Waals surface area contributed by atoms with Crippen LogP contribution in [0.2, 0.25) is 0 Å². The van der Waals surface area contributed by atoms with Gasteiger partial charge in [-0.15, -0.1) is 0 Å². The van der Waals surface area contributed by atoms with Gasteiger partial charge in [-0.1, -0.05) is 0 Å². The van der Waals surface area contributed by atoms with Gasteiger partial charge in [0.1, 0.15) is 6.04 Å². The molecule has 1 amide bonds. The van der Waals surface area contributed by atoms with Gasteiger partial charge < -0.3 is 24.6 Å². The van der Waals surface area contributed by atoms with Gasteiger partial charge in [-0.25, -0.2) is 9.59 Å². The zero-order chi connectivity index (χ0) is 13.3. The van der Waals surface area contributed by atoms with Crippen molar-refractivity contribution in [2.24, 2.45) is 0 Å². The van der Waals surface area contributed by atoms with Crippen LogP contribution < -0.4 is 5.32 Å². The molecule has 7 heteroatoms. The number of hydrogen-bond acceptors (Lipinski definition) is 5. The van der Waals surface area contributed by atoms with Crippen molar-refractivity contribution in [1.82, 2.24) is 5.32 Å². The molecule has 0 saturated heterocycles. The molecule has 1 atom stereocenters. The Morgan fingerprint density at radius 2 is 1.76 bits per heavy atom. The summed E-state index contributed by atoms with van der Waals surface area (Å²) < 4.78 is 14.1. The number of amides is 1. The summed E-state index contributed by atoms with van der Waals surface area (Å²) >= 11 is 0. The molecule has 1 unspecified atom stereocenters. The van der Waals surface area contributed by atoms with E-state index in [4.69, 9.17) is 14.6 Å². The van der Waals surface area contributed by atoms with Crippen LogP contribution in [0.4, 0.5) is 4.79 Å². The predicted molar refractivity (Wildman–Crippen MR) is 58.8 cm³/mol. The van der Waals surface area contributed by atoms with Gasteiger partial charge in [0.05, 0.1) is 20.3 Å². The first-order valence-corrected chi connectivity index (χ1v) is 4.79. The maximum absolute atomic E-state index is 10.9. The van der Waals surface area contributed by atoms with Crippen LogP contribution in [0.1, 0.15) is 0 Å². The Hall–Kier alpha value is -1.60. The number of alkyl carbamates (subject to hydrolysis) is 1. The molecule has 0 aromatic rings. The van der Waals surface area contributed by atoms with Gasteiger partial charge in [-0.2, -0.15) is 0 Å². The molecule has 0 spiro atoms. The third-order valence-electron chi connectivity index (χ3n) is 1.79. The second-order valence-electron chi connectivity index (χ2n) is 3.14.